The van der Waals surface area contributed by atoms with Gasteiger partial charge in [0, 0.05) is 22.6 Å². The molecule has 2 heterocycles. The summed E-state index contributed by atoms with van der Waals surface area (Å²) in [5.41, 5.74) is 11.5. The van der Waals surface area contributed by atoms with Gasteiger partial charge in [0.25, 0.3) is 0 Å². The van der Waals surface area contributed by atoms with Crippen molar-refractivity contribution < 1.29 is 23.4 Å². The zero-order chi connectivity index (χ0) is 27.0. The van der Waals surface area contributed by atoms with Crippen molar-refractivity contribution >= 4 is 16.9 Å². The number of esters is 1. The number of hydrogen-bond acceptors (Lipinski definition) is 7. The van der Waals surface area contributed by atoms with Crippen LogP contribution < -0.4 is 19.9 Å². The normalized spacial score (nSPS) is 14.6. The third-order valence-corrected chi connectivity index (χ3v) is 6.90. The highest BCUT2D eigenvalue weighted by molar-refractivity contribution is 5.97. The van der Waals surface area contributed by atoms with E-state index in [9.17, 15) is 10.1 Å². The Balaban J connectivity index is 1.45. The van der Waals surface area contributed by atoms with Crippen molar-refractivity contribution in [2.45, 2.75) is 40.0 Å². The van der Waals surface area contributed by atoms with Crippen LogP contribution in [0.15, 0.2) is 70.5 Å². The lowest BCUT2D eigenvalue weighted by Gasteiger charge is -2.26. The fourth-order valence-corrected chi connectivity index (χ4v) is 4.68. The van der Waals surface area contributed by atoms with E-state index in [4.69, 9.17) is 24.4 Å². The van der Waals surface area contributed by atoms with Gasteiger partial charge in [0.1, 0.15) is 34.5 Å². The maximum atomic E-state index is 13.1. The molecule has 0 fully saturated rings. The minimum Gasteiger partial charge on any atom is -0.494 e. The number of ether oxygens (including phenoxy) is 3. The quantitative estimate of drug-likeness (QED) is 0.231. The molecule has 5 rings (SSSR count). The van der Waals surface area contributed by atoms with Crippen LogP contribution in [0.5, 0.6) is 17.2 Å². The smallest absolute Gasteiger partial charge is 0.379 e. The first kappa shape index (κ1) is 25.0. The van der Waals surface area contributed by atoms with E-state index in [1.165, 1.54) is 0 Å². The van der Waals surface area contributed by atoms with Gasteiger partial charge in [-0.25, -0.2) is 4.79 Å². The molecule has 1 atom stereocenters. The van der Waals surface area contributed by atoms with Crippen molar-refractivity contribution in [3.63, 3.8) is 0 Å². The van der Waals surface area contributed by atoms with Gasteiger partial charge < -0.3 is 24.4 Å². The van der Waals surface area contributed by atoms with Crippen LogP contribution in [0.3, 0.4) is 0 Å². The Morgan fingerprint density at radius 3 is 2.47 bits per heavy atom. The maximum absolute atomic E-state index is 13.1. The van der Waals surface area contributed by atoms with Gasteiger partial charge in [0.05, 0.1) is 12.5 Å². The Hall–Kier alpha value is -4.70. The van der Waals surface area contributed by atoms with Gasteiger partial charge in [-0.2, -0.15) is 5.26 Å². The fraction of sp³-hybridized carbons (Fsp3) is 0.226. The lowest BCUT2D eigenvalue weighted by atomic mass is 9.83. The second-order valence-corrected chi connectivity index (χ2v) is 9.37. The summed E-state index contributed by atoms with van der Waals surface area (Å²) in [4.78, 5) is 13.1. The van der Waals surface area contributed by atoms with Gasteiger partial charge in [-0.05, 0) is 62.1 Å². The summed E-state index contributed by atoms with van der Waals surface area (Å²) in [5, 5.41) is 10.7. The highest BCUT2D eigenvalue weighted by atomic mass is 16.5. The molecule has 3 aromatic carbocycles. The molecule has 7 nitrogen and oxygen atoms in total. The van der Waals surface area contributed by atoms with E-state index in [0.29, 0.717) is 23.5 Å². The van der Waals surface area contributed by atoms with Crippen LogP contribution in [-0.4, -0.2) is 12.6 Å². The topological polar surface area (TPSA) is 108 Å². The first-order valence-corrected chi connectivity index (χ1v) is 12.5. The maximum Gasteiger partial charge on any atom is 0.379 e. The van der Waals surface area contributed by atoms with E-state index in [2.05, 4.69) is 6.07 Å². The number of hydrogen-bond donors (Lipinski definition) is 1. The predicted molar refractivity (Wildman–Crippen MR) is 143 cm³/mol. The average Bonchev–Trinajstić information content (AvgIpc) is 3.26. The van der Waals surface area contributed by atoms with Gasteiger partial charge in [0.15, 0.2) is 0 Å². The molecule has 0 saturated heterocycles. The molecule has 1 aliphatic rings. The lowest BCUT2D eigenvalue weighted by molar-refractivity contribution is 0.0702. The van der Waals surface area contributed by atoms with Crippen molar-refractivity contribution in [1.82, 2.24) is 0 Å². The largest absolute Gasteiger partial charge is 0.494 e. The molecule has 1 unspecified atom stereocenters. The molecule has 0 aliphatic carbocycles. The van der Waals surface area contributed by atoms with Crippen molar-refractivity contribution in [1.29, 1.82) is 5.26 Å². The molecule has 2 N–H and O–H groups in total. The number of nitrogens with two attached hydrogens (primary N) is 1. The van der Waals surface area contributed by atoms with Crippen LogP contribution in [0.4, 0.5) is 0 Å². The van der Waals surface area contributed by atoms with E-state index in [1.54, 1.807) is 18.2 Å². The summed E-state index contributed by atoms with van der Waals surface area (Å²) in [6, 6.07) is 18.8. The second-order valence-electron chi connectivity index (χ2n) is 9.37. The summed E-state index contributed by atoms with van der Waals surface area (Å²) in [6.07, 6.45) is 0.912. The zero-order valence-corrected chi connectivity index (χ0v) is 21.8. The molecule has 38 heavy (non-hydrogen) atoms. The molecular formula is C31H28N2O5. The highest BCUT2D eigenvalue weighted by Crippen LogP contribution is 2.44. The number of allylic oxidation sites excluding steroid dienone is 1. The average molecular weight is 509 g/mol. The van der Waals surface area contributed by atoms with Gasteiger partial charge >= 0.3 is 5.97 Å². The fourth-order valence-electron chi connectivity index (χ4n) is 4.68. The van der Waals surface area contributed by atoms with E-state index in [0.717, 1.165) is 45.4 Å². The number of rotatable bonds is 6. The molecular weight excluding hydrogens is 480 g/mol. The Morgan fingerprint density at radius 2 is 1.76 bits per heavy atom. The van der Waals surface area contributed by atoms with Crippen LogP contribution in [0, 0.1) is 32.1 Å². The molecule has 7 heteroatoms. The summed E-state index contributed by atoms with van der Waals surface area (Å²) in [7, 11) is 0. The first-order chi connectivity index (χ1) is 18.3. The Bertz CT molecular complexity index is 1620. The minimum absolute atomic E-state index is 0.0127. The Morgan fingerprint density at radius 1 is 1.03 bits per heavy atom. The van der Waals surface area contributed by atoms with Crippen molar-refractivity contribution in [2.75, 3.05) is 6.61 Å². The molecule has 0 bridgehead atoms. The number of furan rings is 1. The number of fused-ring (bicyclic) bond motifs is 2. The monoisotopic (exact) mass is 508 g/mol. The highest BCUT2D eigenvalue weighted by Gasteiger charge is 2.31. The standard InChI is InChI=1S/C31H28N2O5/c1-5-14-35-21-9-7-20(8-10-21)27-24-13-11-22(15-26(24)37-30(33)25(27)16-32)36-31(34)29-19(4)23-12-6-17(2)18(3)28(23)38-29/h6-13,15,27H,5,14,33H2,1-4H3. The second kappa shape index (κ2) is 9.98. The van der Waals surface area contributed by atoms with Crippen LogP contribution >= 0.6 is 0 Å². The summed E-state index contributed by atoms with van der Waals surface area (Å²) < 4.78 is 23.1. The number of carbonyl (C=O) groups is 1. The molecule has 0 saturated carbocycles. The molecule has 192 valence electrons. The van der Waals surface area contributed by atoms with Crippen LogP contribution in [-0.2, 0) is 0 Å². The molecule has 0 amide bonds. The summed E-state index contributed by atoms with van der Waals surface area (Å²) >= 11 is 0. The zero-order valence-electron chi connectivity index (χ0n) is 21.8. The van der Waals surface area contributed by atoms with Crippen molar-refractivity contribution in [3.05, 3.63) is 99.6 Å². The number of carbonyl (C=O) groups excluding carboxylic acids is 1. The van der Waals surface area contributed by atoms with Gasteiger partial charge in [-0.1, -0.05) is 37.3 Å². The number of aryl methyl sites for hydroxylation is 3. The summed E-state index contributed by atoms with van der Waals surface area (Å²) in [6.45, 7) is 8.48. The van der Waals surface area contributed by atoms with Crippen LogP contribution in [0.25, 0.3) is 11.0 Å². The van der Waals surface area contributed by atoms with Crippen LogP contribution in [0.1, 0.15) is 57.6 Å². The third kappa shape index (κ3) is 4.35. The predicted octanol–water partition coefficient (Wildman–Crippen LogP) is 6.58. The minimum atomic E-state index is -0.605. The van der Waals surface area contributed by atoms with Crippen molar-refractivity contribution in [3.8, 4) is 23.3 Å². The lowest BCUT2D eigenvalue weighted by Crippen LogP contribution is -2.21. The van der Waals surface area contributed by atoms with E-state index >= 15 is 0 Å². The molecule has 1 aromatic heterocycles. The van der Waals surface area contributed by atoms with E-state index < -0.39 is 11.9 Å². The first-order valence-electron chi connectivity index (χ1n) is 12.5. The third-order valence-electron chi connectivity index (χ3n) is 6.90. The summed E-state index contributed by atoms with van der Waals surface area (Å²) in [5.74, 6) is 0.574. The molecule has 1 aliphatic heterocycles. The molecule has 0 radical (unpaired) electrons. The van der Waals surface area contributed by atoms with Crippen molar-refractivity contribution in [2.24, 2.45) is 5.73 Å². The molecule has 4 aromatic rings. The Kier molecular flexibility index (Phi) is 6.56. The Labute approximate surface area is 221 Å². The van der Waals surface area contributed by atoms with E-state index in [-0.39, 0.29) is 17.4 Å². The number of nitriles is 1. The van der Waals surface area contributed by atoms with E-state index in [1.807, 2.05) is 64.1 Å². The van der Waals surface area contributed by atoms with Gasteiger partial charge in [0.2, 0.25) is 11.6 Å². The van der Waals surface area contributed by atoms with Gasteiger partial charge in [-0.3, -0.25) is 0 Å². The van der Waals surface area contributed by atoms with Gasteiger partial charge in [-0.15, -0.1) is 0 Å². The molecule has 0 spiro atoms. The number of benzene rings is 3. The number of nitrogens with zero attached hydrogens (tertiary/aromatic N) is 1. The SMILES string of the molecule is CCCOc1ccc(C2C(C#N)=C(N)Oc3cc(OC(=O)c4oc5c(C)c(C)ccc5c4C)ccc32)cc1. The van der Waals surface area contributed by atoms with Crippen LogP contribution in [0.2, 0.25) is 0 Å².